The fraction of sp³-hybridized carbons (Fsp3) is 0.387. The first kappa shape index (κ1) is 23.2. The lowest BCUT2D eigenvalue weighted by atomic mass is 9.80. The van der Waals surface area contributed by atoms with E-state index in [1.807, 2.05) is 36.5 Å². The zero-order valence-electron chi connectivity index (χ0n) is 20.0. The largest absolute Gasteiger partial charge is 0.300 e. The molecular weight excluding hydrogens is 436 g/mol. The van der Waals surface area contributed by atoms with Crippen molar-refractivity contribution in [1.29, 1.82) is 0 Å². The van der Waals surface area contributed by atoms with Crippen molar-refractivity contribution in [3.05, 3.63) is 88.7 Å². The van der Waals surface area contributed by atoms with E-state index in [9.17, 15) is 0 Å². The minimum absolute atomic E-state index is 0.683. The molecule has 2 fully saturated rings. The maximum absolute atomic E-state index is 5.98. The highest BCUT2D eigenvalue weighted by Gasteiger charge is 2.29. The van der Waals surface area contributed by atoms with Crippen LogP contribution >= 0.6 is 11.6 Å². The molecule has 0 bridgehead atoms. The molecule has 2 atom stereocenters. The van der Waals surface area contributed by atoms with Gasteiger partial charge in [0.15, 0.2) is 0 Å². The molecule has 0 amide bonds. The second-order valence-corrected chi connectivity index (χ2v) is 10.5. The molecule has 5 rings (SSSR count). The van der Waals surface area contributed by atoms with Crippen LogP contribution in [0.2, 0.25) is 5.02 Å². The second-order valence-electron chi connectivity index (χ2n) is 10.0. The van der Waals surface area contributed by atoms with Gasteiger partial charge in [-0.1, -0.05) is 61.2 Å². The molecule has 2 aliphatic rings. The summed E-state index contributed by atoms with van der Waals surface area (Å²) in [6, 6.07) is 21.6. The number of hydrogen-bond donors (Lipinski definition) is 0. The molecule has 1 aliphatic heterocycles. The molecule has 2 heterocycles. The summed E-state index contributed by atoms with van der Waals surface area (Å²) in [6.07, 6.45) is 9.96. The summed E-state index contributed by atoms with van der Waals surface area (Å²) in [5, 5.41) is 0.741. The highest BCUT2D eigenvalue weighted by Crippen LogP contribution is 2.36. The number of pyridine rings is 1. The summed E-state index contributed by atoms with van der Waals surface area (Å²) in [7, 11) is 0. The van der Waals surface area contributed by atoms with E-state index in [4.69, 9.17) is 11.6 Å². The van der Waals surface area contributed by atoms with Crippen LogP contribution in [0.15, 0.2) is 66.9 Å². The van der Waals surface area contributed by atoms with E-state index in [-0.39, 0.29) is 0 Å². The average molecular weight is 469 g/mol. The van der Waals surface area contributed by atoms with Gasteiger partial charge in [-0.05, 0) is 104 Å². The molecule has 1 aromatic heterocycles. The van der Waals surface area contributed by atoms with E-state index in [1.165, 1.54) is 57.2 Å². The molecule has 2 unspecified atom stereocenters. The van der Waals surface area contributed by atoms with Crippen LogP contribution in [0.3, 0.4) is 0 Å². The van der Waals surface area contributed by atoms with Crippen molar-refractivity contribution < 1.29 is 0 Å². The molecule has 2 aromatic carbocycles. The van der Waals surface area contributed by atoms with Gasteiger partial charge in [0.25, 0.3) is 0 Å². The maximum Gasteiger partial charge on any atom is 0.113 e. The Balaban J connectivity index is 1.21. The number of rotatable bonds is 3. The van der Waals surface area contributed by atoms with Crippen LogP contribution < -0.4 is 0 Å². The van der Waals surface area contributed by atoms with E-state index in [1.54, 1.807) is 0 Å². The van der Waals surface area contributed by atoms with Gasteiger partial charge in [0.2, 0.25) is 0 Å². The van der Waals surface area contributed by atoms with Gasteiger partial charge in [0.1, 0.15) is 5.69 Å². The van der Waals surface area contributed by atoms with Crippen LogP contribution in [0.25, 0.3) is 11.1 Å². The Morgan fingerprint density at radius 2 is 1.56 bits per heavy atom. The van der Waals surface area contributed by atoms with Crippen molar-refractivity contribution in [3.63, 3.8) is 0 Å². The highest BCUT2D eigenvalue weighted by molar-refractivity contribution is 6.30. The van der Waals surface area contributed by atoms with Crippen LogP contribution in [0.1, 0.15) is 68.2 Å². The van der Waals surface area contributed by atoms with Crippen molar-refractivity contribution >= 4 is 11.6 Å². The molecule has 3 heteroatoms. The van der Waals surface area contributed by atoms with Crippen molar-refractivity contribution in [2.24, 2.45) is 5.92 Å². The van der Waals surface area contributed by atoms with Gasteiger partial charge in [-0.2, -0.15) is 0 Å². The number of halogens is 1. The normalized spacial score (nSPS) is 21.6. The zero-order valence-corrected chi connectivity index (χ0v) is 20.8. The van der Waals surface area contributed by atoms with E-state index in [0.717, 1.165) is 39.4 Å². The van der Waals surface area contributed by atoms with Crippen molar-refractivity contribution in [3.8, 4) is 23.0 Å². The van der Waals surface area contributed by atoms with Crippen LogP contribution in [-0.2, 0) is 0 Å². The Kier molecular flexibility index (Phi) is 7.33. The van der Waals surface area contributed by atoms with Crippen LogP contribution in [0, 0.1) is 17.8 Å². The fourth-order valence-electron chi connectivity index (χ4n) is 5.45. The predicted octanol–water partition coefficient (Wildman–Crippen LogP) is 7.56. The molecule has 3 aromatic rings. The van der Waals surface area contributed by atoms with Gasteiger partial charge < -0.3 is 4.90 Å². The number of nitrogens with zero attached hydrogens (tertiary/aromatic N) is 2. The highest BCUT2D eigenvalue weighted by atomic mass is 35.5. The van der Waals surface area contributed by atoms with E-state index in [2.05, 4.69) is 59.0 Å². The number of likely N-dealkylation sites (tertiary alicyclic amines) is 1. The number of benzene rings is 2. The van der Waals surface area contributed by atoms with Crippen molar-refractivity contribution in [2.45, 2.75) is 57.4 Å². The number of aromatic nitrogens is 1. The SMILES string of the molecule is CC1CCN(C2CCCC(c3ccc(C#Cc4ccc(-c5ccc(Cl)cc5)cn4)cc3)C2)CC1. The molecule has 1 saturated heterocycles. The standard InChI is InChI=1S/C31H33ClN2/c1-23-17-19-34(20-18-23)31-4-2-3-27(21-31)25-8-5-24(6-9-25)7-15-30-16-12-28(22-33-30)26-10-13-29(32)14-11-26/h5-6,8-14,16,22-23,27,31H,2-4,17-21H2,1H3. The summed E-state index contributed by atoms with van der Waals surface area (Å²) in [5.41, 5.74) is 5.48. The van der Waals surface area contributed by atoms with Crippen molar-refractivity contribution in [2.75, 3.05) is 13.1 Å². The first-order valence-corrected chi connectivity index (χ1v) is 13.1. The third-order valence-corrected chi connectivity index (χ3v) is 7.89. The monoisotopic (exact) mass is 468 g/mol. The topological polar surface area (TPSA) is 16.1 Å². The van der Waals surface area contributed by atoms with Gasteiger partial charge in [-0.25, -0.2) is 4.98 Å². The number of hydrogen-bond acceptors (Lipinski definition) is 2. The Labute approximate surface area is 209 Å². The van der Waals surface area contributed by atoms with Gasteiger partial charge in [0.05, 0.1) is 0 Å². The third-order valence-electron chi connectivity index (χ3n) is 7.64. The summed E-state index contributed by atoms with van der Waals surface area (Å²) in [5.74, 6) is 8.08. The van der Waals surface area contributed by atoms with Crippen LogP contribution in [0.5, 0.6) is 0 Å². The summed E-state index contributed by atoms with van der Waals surface area (Å²) in [6.45, 7) is 4.99. The molecule has 0 N–H and O–H groups in total. The predicted molar refractivity (Wildman–Crippen MR) is 142 cm³/mol. The van der Waals surface area contributed by atoms with Crippen molar-refractivity contribution in [1.82, 2.24) is 9.88 Å². The van der Waals surface area contributed by atoms with Gasteiger partial charge in [-0.15, -0.1) is 0 Å². The number of piperidine rings is 1. The molecule has 2 nitrogen and oxygen atoms in total. The Bertz CT molecular complexity index is 1130. The summed E-state index contributed by atoms with van der Waals surface area (Å²) >= 11 is 5.98. The Morgan fingerprint density at radius 3 is 2.26 bits per heavy atom. The maximum atomic E-state index is 5.98. The van der Waals surface area contributed by atoms with Gasteiger partial charge in [-0.3, -0.25) is 0 Å². The van der Waals surface area contributed by atoms with E-state index in [0.29, 0.717) is 5.92 Å². The molecule has 0 radical (unpaired) electrons. The van der Waals surface area contributed by atoms with Crippen LogP contribution in [-0.4, -0.2) is 29.0 Å². The lowest BCUT2D eigenvalue weighted by Gasteiger charge is -2.41. The quantitative estimate of drug-likeness (QED) is 0.368. The Morgan fingerprint density at radius 1 is 0.824 bits per heavy atom. The fourth-order valence-corrected chi connectivity index (χ4v) is 5.57. The second kappa shape index (κ2) is 10.8. The molecule has 1 aliphatic carbocycles. The molecule has 1 saturated carbocycles. The minimum atomic E-state index is 0.683. The lowest BCUT2D eigenvalue weighted by molar-refractivity contribution is 0.105. The molecule has 34 heavy (non-hydrogen) atoms. The Hall–Kier alpha value is -2.60. The van der Waals surface area contributed by atoms with Crippen LogP contribution in [0.4, 0.5) is 0 Å². The molecule has 0 spiro atoms. The van der Waals surface area contributed by atoms with E-state index < -0.39 is 0 Å². The first-order chi connectivity index (χ1) is 16.6. The summed E-state index contributed by atoms with van der Waals surface area (Å²) in [4.78, 5) is 7.30. The van der Waals surface area contributed by atoms with Gasteiger partial charge in [0, 0.05) is 28.4 Å². The first-order valence-electron chi connectivity index (χ1n) is 12.7. The lowest BCUT2D eigenvalue weighted by Crippen LogP contribution is -2.43. The minimum Gasteiger partial charge on any atom is -0.300 e. The molecular formula is C31H33ClN2. The van der Waals surface area contributed by atoms with E-state index >= 15 is 0 Å². The summed E-state index contributed by atoms with van der Waals surface area (Å²) < 4.78 is 0. The smallest absolute Gasteiger partial charge is 0.113 e. The zero-order chi connectivity index (χ0) is 23.3. The molecule has 174 valence electrons. The van der Waals surface area contributed by atoms with Gasteiger partial charge >= 0.3 is 0 Å². The third kappa shape index (κ3) is 5.72. The average Bonchev–Trinajstić information content (AvgIpc) is 2.89.